The lowest BCUT2D eigenvalue weighted by Crippen LogP contribution is -2.41. The number of nitrogens with zero attached hydrogens (tertiary/aromatic N) is 2. The maximum absolute atomic E-state index is 5.60. The van der Waals surface area contributed by atoms with Crippen LogP contribution >= 0.6 is 0 Å². The van der Waals surface area contributed by atoms with Crippen molar-refractivity contribution in [1.82, 2.24) is 10.2 Å². The molecule has 4 heteroatoms. The number of hydrogen-bond acceptors (Lipinski definition) is 2. The predicted molar refractivity (Wildman–Crippen MR) is 85.4 cm³/mol. The highest BCUT2D eigenvalue weighted by atomic mass is 16.5. The summed E-state index contributed by atoms with van der Waals surface area (Å²) in [5.74, 6) is 1.01. The van der Waals surface area contributed by atoms with Crippen molar-refractivity contribution in [3.63, 3.8) is 0 Å². The van der Waals surface area contributed by atoms with E-state index in [1.54, 1.807) is 0 Å². The second kappa shape index (κ2) is 6.06. The molecule has 1 aromatic rings. The Balaban J connectivity index is 1.59. The Labute approximate surface area is 127 Å². The highest BCUT2D eigenvalue weighted by Gasteiger charge is 2.42. The molecule has 0 aliphatic carbocycles. The van der Waals surface area contributed by atoms with Crippen molar-refractivity contribution in [3.05, 3.63) is 35.4 Å². The van der Waals surface area contributed by atoms with E-state index in [0.29, 0.717) is 5.41 Å². The zero-order chi connectivity index (χ0) is 14.7. The highest BCUT2D eigenvalue weighted by molar-refractivity contribution is 5.80. The molecule has 2 saturated heterocycles. The Hall–Kier alpha value is -1.55. The lowest BCUT2D eigenvalue weighted by atomic mass is 9.87. The summed E-state index contributed by atoms with van der Waals surface area (Å²) >= 11 is 0. The first kappa shape index (κ1) is 14.4. The fourth-order valence-electron chi connectivity index (χ4n) is 3.42. The van der Waals surface area contributed by atoms with Crippen LogP contribution in [0.1, 0.15) is 24.0 Å². The fourth-order valence-corrected chi connectivity index (χ4v) is 3.42. The average Bonchev–Trinajstić information content (AvgIpc) is 3.11. The van der Waals surface area contributed by atoms with Gasteiger partial charge in [0.1, 0.15) is 0 Å². The van der Waals surface area contributed by atoms with Gasteiger partial charge in [-0.25, -0.2) is 0 Å². The fraction of sp³-hybridized carbons (Fsp3) is 0.588. The van der Waals surface area contributed by atoms with Crippen LogP contribution in [0.5, 0.6) is 0 Å². The third-order valence-corrected chi connectivity index (χ3v) is 4.67. The van der Waals surface area contributed by atoms with Crippen molar-refractivity contribution < 1.29 is 4.74 Å². The Morgan fingerprint density at radius 1 is 1.43 bits per heavy atom. The molecule has 2 aliphatic heterocycles. The lowest BCUT2D eigenvalue weighted by molar-refractivity contribution is 0.156. The summed E-state index contributed by atoms with van der Waals surface area (Å²) in [6.07, 6.45) is 2.41. The summed E-state index contributed by atoms with van der Waals surface area (Å²) in [6.45, 7) is 6.94. The molecular weight excluding hydrogens is 262 g/mol. The summed E-state index contributed by atoms with van der Waals surface area (Å²) in [4.78, 5) is 6.83. The first-order valence-corrected chi connectivity index (χ1v) is 7.80. The monoisotopic (exact) mass is 287 g/mol. The molecule has 2 aliphatic rings. The van der Waals surface area contributed by atoms with Gasteiger partial charge >= 0.3 is 0 Å². The van der Waals surface area contributed by atoms with Crippen molar-refractivity contribution in [2.24, 2.45) is 10.4 Å². The number of aliphatic imine (C=N–C) groups is 1. The number of aryl methyl sites for hydroxylation is 1. The molecule has 21 heavy (non-hydrogen) atoms. The number of hydrogen-bond donors (Lipinski definition) is 1. The molecular formula is C17H25N3O. The van der Waals surface area contributed by atoms with Crippen molar-refractivity contribution >= 4 is 5.96 Å². The predicted octanol–water partition coefficient (Wildman–Crippen LogP) is 2.18. The first-order valence-electron chi connectivity index (χ1n) is 7.80. The number of nitrogens with one attached hydrogen (secondary N) is 1. The average molecular weight is 287 g/mol. The van der Waals surface area contributed by atoms with Gasteiger partial charge in [-0.15, -0.1) is 0 Å². The van der Waals surface area contributed by atoms with E-state index in [2.05, 4.69) is 46.4 Å². The van der Waals surface area contributed by atoms with E-state index in [9.17, 15) is 0 Å². The van der Waals surface area contributed by atoms with E-state index < -0.39 is 0 Å². The number of benzene rings is 1. The third-order valence-electron chi connectivity index (χ3n) is 4.67. The molecule has 2 heterocycles. The van der Waals surface area contributed by atoms with Gasteiger partial charge < -0.3 is 15.0 Å². The van der Waals surface area contributed by atoms with Crippen molar-refractivity contribution in [3.8, 4) is 0 Å². The molecule has 114 valence electrons. The second-order valence-corrected chi connectivity index (χ2v) is 6.36. The van der Waals surface area contributed by atoms with E-state index in [4.69, 9.17) is 4.74 Å². The molecule has 0 bridgehead atoms. The largest absolute Gasteiger partial charge is 0.381 e. The smallest absolute Gasteiger partial charge is 0.193 e. The molecule has 0 saturated carbocycles. The van der Waals surface area contributed by atoms with Gasteiger partial charge in [-0.1, -0.05) is 29.8 Å². The minimum absolute atomic E-state index is 0.376. The maximum atomic E-state index is 5.60. The lowest BCUT2D eigenvalue weighted by Gasteiger charge is -2.25. The number of guanidine groups is 1. The van der Waals surface area contributed by atoms with Crippen molar-refractivity contribution in [2.75, 3.05) is 33.4 Å². The van der Waals surface area contributed by atoms with Crippen LogP contribution in [-0.4, -0.2) is 44.2 Å². The SMILES string of the molecule is CN=C(NCc1cccc(C)c1)N1CCC2(CCOC2)C1. The van der Waals surface area contributed by atoms with Crippen LogP contribution < -0.4 is 5.32 Å². The molecule has 3 rings (SSSR count). The summed E-state index contributed by atoms with van der Waals surface area (Å²) in [5, 5.41) is 3.50. The summed E-state index contributed by atoms with van der Waals surface area (Å²) in [5.41, 5.74) is 2.97. The topological polar surface area (TPSA) is 36.9 Å². The maximum Gasteiger partial charge on any atom is 0.193 e. The van der Waals surface area contributed by atoms with Gasteiger partial charge in [0.05, 0.1) is 6.61 Å². The van der Waals surface area contributed by atoms with E-state index >= 15 is 0 Å². The van der Waals surface area contributed by atoms with E-state index in [1.165, 1.54) is 24.0 Å². The van der Waals surface area contributed by atoms with E-state index in [1.807, 2.05) is 7.05 Å². The van der Waals surface area contributed by atoms with Gasteiger partial charge in [0.2, 0.25) is 0 Å². The third kappa shape index (κ3) is 3.21. The van der Waals surface area contributed by atoms with Gasteiger partial charge in [-0.05, 0) is 25.3 Å². The molecule has 0 radical (unpaired) electrons. The molecule has 1 N–H and O–H groups in total. The molecule has 1 unspecified atom stereocenters. The van der Waals surface area contributed by atoms with Gasteiger partial charge in [-0.3, -0.25) is 4.99 Å². The Bertz CT molecular complexity index is 521. The minimum Gasteiger partial charge on any atom is -0.381 e. The molecule has 2 fully saturated rings. The Kier molecular flexibility index (Phi) is 4.15. The van der Waals surface area contributed by atoms with Crippen LogP contribution in [0.25, 0.3) is 0 Å². The highest BCUT2D eigenvalue weighted by Crippen LogP contribution is 2.38. The molecule has 4 nitrogen and oxygen atoms in total. The summed E-state index contributed by atoms with van der Waals surface area (Å²) < 4.78 is 5.60. The van der Waals surface area contributed by atoms with Crippen LogP contribution in [0.2, 0.25) is 0 Å². The van der Waals surface area contributed by atoms with Gasteiger partial charge in [-0.2, -0.15) is 0 Å². The van der Waals surface area contributed by atoms with Crippen molar-refractivity contribution in [1.29, 1.82) is 0 Å². The standard InChI is InChI=1S/C17H25N3O/c1-14-4-3-5-15(10-14)11-19-16(18-2)20-8-6-17(12-20)7-9-21-13-17/h3-5,10H,6-9,11-13H2,1-2H3,(H,18,19). The quantitative estimate of drug-likeness (QED) is 0.669. The second-order valence-electron chi connectivity index (χ2n) is 6.36. The van der Waals surface area contributed by atoms with Gasteiger partial charge in [0.25, 0.3) is 0 Å². The van der Waals surface area contributed by atoms with Crippen LogP contribution in [0.4, 0.5) is 0 Å². The molecule has 1 atom stereocenters. The summed E-state index contributed by atoms with van der Waals surface area (Å²) in [7, 11) is 1.87. The molecule has 0 amide bonds. The minimum atomic E-state index is 0.376. The van der Waals surface area contributed by atoms with Gasteiger partial charge in [0.15, 0.2) is 5.96 Å². The van der Waals surface area contributed by atoms with Crippen LogP contribution in [0, 0.1) is 12.3 Å². The Morgan fingerprint density at radius 2 is 2.33 bits per heavy atom. The van der Waals surface area contributed by atoms with Crippen LogP contribution in [0.15, 0.2) is 29.3 Å². The zero-order valence-electron chi connectivity index (χ0n) is 13.1. The number of ether oxygens (including phenoxy) is 1. The van der Waals surface area contributed by atoms with E-state index in [0.717, 1.165) is 38.8 Å². The van der Waals surface area contributed by atoms with Crippen LogP contribution in [-0.2, 0) is 11.3 Å². The zero-order valence-corrected chi connectivity index (χ0v) is 13.1. The van der Waals surface area contributed by atoms with E-state index in [-0.39, 0.29) is 0 Å². The number of likely N-dealkylation sites (tertiary alicyclic amines) is 1. The van der Waals surface area contributed by atoms with Gasteiger partial charge in [0, 0.05) is 38.7 Å². The molecule has 1 spiro atoms. The number of rotatable bonds is 2. The summed E-state index contributed by atoms with van der Waals surface area (Å²) in [6, 6.07) is 8.61. The normalized spacial score (nSPS) is 25.8. The molecule has 1 aromatic carbocycles. The van der Waals surface area contributed by atoms with Crippen LogP contribution in [0.3, 0.4) is 0 Å². The molecule has 0 aromatic heterocycles. The van der Waals surface area contributed by atoms with Crippen molar-refractivity contribution in [2.45, 2.75) is 26.3 Å². The first-order chi connectivity index (χ1) is 10.2. The Morgan fingerprint density at radius 3 is 3.05 bits per heavy atom.